The number of nitrogens with one attached hydrogen (secondary N) is 1. The van der Waals surface area contributed by atoms with Gasteiger partial charge in [0.25, 0.3) is 0 Å². The first-order chi connectivity index (χ1) is 18.4. The van der Waals surface area contributed by atoms with Gasteiger partial charge in [-0.15, -0.1) is 9.24 Å². The van der Waals surface area contributed by atoms with Gasteiger partial charge in [0.1, 0.15) is 25.1 Å². The number of rotatable bonds is 10. The second-order valence-corrected chi connectivity index (χ2v) is 11.0. The van der Waals surface area contributed by atoms with Crippen LogP contribution in [0.4, 0.5) is 0 Å². The zero-order valence-electron chi connectivity index (χ0n) is 22.3. The van der Waals surface area contributed by atoms with Gasteiger partial charge in [-0.1, -0.05) is 38.1 Å². The molecule has 3 atom stereocenters. The van der Waals surface area contributed by atoms with Crippen molar-refractivity contribution in [1.82, 2.24) is 15.1 Å². The fourth-order valence-electron chi connectivity index (χ4n) is 4.59. The smallest absolute Gasteiger partial charge is 0.226 e. The maximum absolute atomic E-state index is 12.9. The molecule has 1 amide bonds. The average molecular weight is 534 g/mol. The van der Waals surface area contributed by atoms with E-state index in [0.29, 0.717) is 31.3 Å². The highest BCUT2D eigenvalue weighted by molar-refractivity contribution is 7.22. The molecule has 3 aromatic rings. The number of carbonyl (C=O) groups excluding carboxylic acids is 1. The van der Waals surface area contributed by atoms with E-state index in [1.807, 2.05) is 61.1 Å². The number of fused-ring (bicyclic) bond motifs is 2. The summed E-state index contributed by atoms with van der Waals surface area (Å²) in [6.45, 7) is 7.85. The van der Waals surface area contributed by atoms with Crippen LogP contribution in [0.2, 0.25) is 0 Å². The van der Waals surface area contributed by atoms with Crippen LogP contribution in [0.15, 0.2) is 66.1 Å². The molecule has 1 aliphatic carbocycles. The Labute approximate surface area is 226 Å². The van der Waals surface area contributed by atoms with E-state index < -0.39 is 6.10 Å². The molecule has 7 nitrogen and oxygen atoms in total. The number of carbonyl (C=O) groups is 1. The molecular weight excluding hydrogens is 497 g/mol. The predicted octanol–water partition coefficient (Wildman–Crippen LogP) is 5.96. The topological polar surface area (TPSA) is 74.6 Å². The molecule has 8 heteroatoms. The van der Waals surface area contributed by atoms with Crippen LogP contribution >= 0.6 is 9.24 Å². The normalized spacial score (nSPS) is 17.8. The molecule has 0 saturated heterocycles. The highest BCUT2D eigenvalue weighted by Gasteiger charge is 2.45. The number of allylic oxidation sites excluding steroid dienone is 4. The van der Waals surface area contributed by atoms with Crippen molar-refractivity contribution in [2.75, 3.05) is 13.2 Å². The summed E-state index contributed by atoms with van der Waals surface area (Å²) in [7, 11) is 2.75. The fraction of sp³-hybridized carbons (Fsp3) is 0.400. The van der Waals surface area contributed by atoms with Crippen molar-refractivity contribution in [3.63, 3.8) is 0 Å². The maximum atomic E-state index is 12.9. The SMILES string of the molecule is CC/C=C(P)\C=C/Cn1ncc2cc(O[C@H](c3ccc4c(c3)OCCO4)[C@H](C)NC(=O)C3(C)CC3)ccc21. The molecule has 2 heterocycles. The van der Waals surface area contributed by atoms with E-state index in [0.717, 1.165) is 41.5 Å². The van der Waals surface area contributed by atoms with Crippen LogP contribution in [0.1, 0.15) is 51.7 Å². The highest BCUT2D eigenvalue weighted by atomic mass is 31.0. The van der Waals surface area contributed by atoms with E-state index in [2.05, 4.69) is 44.8 Å². The Morgan fingerprint density at radius 3 is 2.76 bits per heavy atom. The third-order valence-electron chi connectivity index (χ3n) is 7.16. The van der Waals surface area contributed by atoms with Gasteiger partial charge in [0.15, 0.2) is 11.5 Å². The molecular formula is C30H36N3O4P. The van der Waals surface area contributed by atoms with Crippen molar-refractivity contribution in [2.24, 2.45) is 5.41 Å². The fourth-order valence-corrected chi connectivity index (χ4v) is 4.96. The van der Waals surface area contributed by atoms with Crippen molar-refractivity contribution < 1.29 is 19.0 Å². The number of hydrogen-bond acceptors (Lipinski definition) is 5. The summed E-state index contributed by atoms with van der Waals surface area (Å²) in [6, 6.07) is 11.6. The number of amides is 1. The Morgan fingerprint density at radius 1 is 1.21 bits per heavy atom. The van der Waals surface area contributed by atoms with E-state index in [4.69, 9.17) is 14.2 Å². The quantitative estimate of drug-likeness (QED) is 0.257. The molecule has 0 bridgehead atoms. The average Bonchev–Trinajstić information content (AvgIpc) is 3.55. The summed E-state index contributed by atoms with van der Waals surface area (Å²) in [6.07, 6.45) is 10.7. The first-order valence-electron chi connectivity index (χ1n) is 13.3. The van der Waals surface area contributed by atoms with Crippen LogP contribution in [0.3, 0.4) is 0 Å². The molecule has 2 aromatic carbocycles. The molecule has 2 aliphatic rings. The Kier molecular flexibility index (Phi) is 7.75. The third kappa shape index (κ3) is 5.88. The zero-order valence-corrected chi connectivity index (χ0v) is 23.4. The van der Waals surface area contributed by atoms with Crippen molar-refractivity contribution in [1.29, 1.82) is 0 Å². The van der Waals surface area contributed by atoms with Gasteiger partial charge in [0.05, 0.1) is 24.3 Å². The molecule has 1 fully saturated rings. The molecule has 1 aromatic heterocycles. The summed E-state index contributed by atoms with van der Waals surface area (Å²) in [5.41, 5.74) is 1.68. The Bertz CT molecular complexity index is 1380. The van der Waals surface area contributed by atoms with Crippen LogP contribution < -0.4 is 19.5 Å². The number of benzene rings is 2. The predicted molar refractivity (Wildman–Crippen MR) is 153 cm³/mol. The van der Waals surface area contributed by atoms with Gasteiger partial charge in [-0.3, -0.25) is 9.48 Å². The number of ether oxygens (including phenoxy) is 3. The van der Waals surface area contributed by atoms with Gasteiger partial charge < -0.3 is 19.5 Å². The van der Waals surface area contributed by atoms with Crippen molar-refractivity contribution in [3.05, 3.63) is 71.7 Å². The van der Waals surface area contributed by atoms with Gasteiger partial charge in [0, 0.05) is 10.8 Å². The first-order valence-corrected chi connectivity index (χ1v) is 13.9. The van der Waals surface area contributed by atoms with Gasteiger partial charge in [-0.2, -0.15) is 5.10 Å². The second-order valence-electron chi connectivity index (χ2n) is 10.3. The maximum Gasteiger partial charge on any atom is 0.226 e. The van der Waals surface area contributed by atoms with Gasteiger partial charge in [0.2, 0.25) is 5.91 Å². The molecule has 200 valence electrons. The second kappa shape index (κ2) is 11.2. The molecule has 5 rings (SSSR count). The van der Waals surface area contributed by atoms with Crippen LogP contribution in [0.5, 0.6) is 17.2 Å². The van der Waals surface area contributed by atoms with Crippen LogP contribution in [0, 0.1) is 5.41 Å². The molecule has 38 heavy (non-hydrogen) atoms. The minimum atomic E-state index is -0.418. The monoisotopic (exact) mass is 533 g/mol. The van der Waals surface area contributed by atoms with Crippen molar-refractivity contribution in [2.45, 2.75) is 58.7 Å². The molecule has 0 spiro atoms. The van der Waals surface area contributed by atoms with E-state index in [1.54, 1.807) is 0 Å². The van der Waals surface area contributed by atoms with Gasteiger partial charge >= 0.3 is 0 Å². The summed E-state index contributed by atoms with van der Waals surface area (Å²) in [4.78, 5) is 12.9. The summed E-state index contributed by atoms with van der Waals surface area (Å²) < 4.78 is 20.1. The van der Waals surface area contributed by atoms with E-state index in [-0.39, 0.29) is 17.4 Å². The molecule has 1 unspecified atom stereocenters. The zero-order chi connectivity index (χ0) is 26.7. The summed E-state index contributed by atoms with van der Waals surface area (Å²) in [5.74, 6) is 2.21. The summed E-state index contributed by atoms with van der Waals surface area (Å²) >= 11 is 0. The van der Waals surface area contributed by atoms with E-state index >= 15 is 0 Å². The first kappa shape index (κ1) is 26.3. The molecule has 1 saturated carbocycles. The lowest BCUT2D eigenvalue weighted by atomic mass is 10.0. The highest BCUT2D eigenvalue weighted by Crippen LogP contribution is 2.45. The van der Waals surface area contributed by atoms with Gasteiger partial charge in [-0.05, 0) is 67.4 Å². The number of hydrogen-bond donors (Lipinski definition) is 1. The Morgan fingerprint density at radius 2 is 2.00 bits per heavy atom. The van der Waals surface area contributed by atoms with Gasteiger partial charge in [-0.25, -0.2) is 0 Å². The standard InChI is InChI=1S/C30H36N3O4P/c1-4-6-24(38)7-5-14-33-25-10-9-23(17-22(25)19-31-33)37-28(20(2)32-29(34)30(3)12-13-30)21-8-11-26-27(18-21)36-16-15-35-26/h5-11,17-20,28H,4,12-16,38H2,1-3H3,(H,32,34)/b7-5-,24-6+/t20-,28-/m0/s1. The van der Waals surface area contributed by atoms with E-state index in [1.165, 1.54) is 5.31 Å². The van der Waals surface area contributed by atoms with Crippen molar-refractivity contribution >= 4 is 26.0 Å². The minimum Gasteiger partial charge on any atom is -0.486 e. The lowest BCUT2D eigenvalue weighted by Crippen LogP contribution is -2.42. The molecule has 0 radical (unpaired) electrons. The van der Waals surface area contributed by atoms with Crippen LogP contribution in [-0.4, -0.2) is 34.9 Å². The lowest BCUT2D eigenvalue weighted by molar-refractivity contribution is -0.127. The van der Waals surface area contributed by atoms with Crippen molar-refractivity contribution in [3.8, 4) is 17.2 Å². The van der Waals surface area contributed by atoms with E-state index in [9.17, 15) is 4.79 Å². The number of aromatic nitrogens is 2. The number of nitrogens with zero attached hydrogens (tertiary/aromatic N) is 2. The Balaban J connectivity index is 1.38. The largest absolute Gasteiger partial charge is 0.486 e. The third-order valence-corrected chi connectivity index (χ3v) is 7.59. The Hall–Kier alpha value is -3.31. The van der Waals surface area contributed by atoms with Crippen LogP contribution in [0.25, 0.3) is 10.9 Å². The minimum absolute atomic E-state index is 0.0725. The lowest BCUT2D eigenvalue weighted by Gasteiger charge is -2.28. The molecule has 1 N–H and O–H groups in total. The summed E-state index contributed by atoms with van der Waals surface area (Å²) in [5, 5.41) is 9.93. The van der Waals surface area contributed by atoms with Crippen LogP contribution in [-0.2, 0) is 11.3 Å². The molecule has 1 aliphatic heterocycles.